The molecule has 0 aromatic rings. The number of hydrogen-bond donors (Lipinski definition) is 0. The molecule has 0 bridgehead atoms. The van der Waals surface area contributed by atoms with Gasteiger partial charge in [-0.1, -0.05) is 0 Å². The summed E-state index contributed by atoms with van der Waals surface area (Å²) < 4.78 is 0. The Morgan fingerprint density at radius 2 is 1.29 bits per heavy atom. The summed E-state index contributed by atoms with van der Waals surface area (Å²) in [6.45, 7) is 0. The normalized spacial score (nSPS) is 12.9. The van der Waals surface area contributed by atoms with Gasteiger partial charge in [0.25, 0.3) is 5.55 Å². The Balaban J connectivity index is 3.54. The fourth-order valence-electron chi connectivity index (χ4n) is 0. The van der Waals surface area contributed by atoms with E-state index in [2.05, 4.69) is 30.6 Å². The smallest absolute Gasteiger partial charge is 0.128 e. The van der Waals surface area contributed by atoms with Crippen LogP contribution >= 0.6 is 63.8 Å². The Bertz CT molecular complexity index is 56.4. The van der Waals surface area contributed by atoms with E-state index < -0.39 is 11.1 Å². The summed E-state index contributed by atoms with van der Waals surface area (Å²) in [6, 6.07) is 0. The lowest BCUT2D eigenvalue weighted by atomic mass is 26.9. The highest BCUT2D eigenvalue weighted by molar-refractivity contribution is 9.51. The average molecular weight is 322 g/mol. The molecule has 0 aliphatic heterocycles. The van der Waals surface area contributed by atoms with Crippen LogP contribution in [0.3, 0.4) is 0 Å². The predicted molar refractivity (Wildman–Crippen MR) is 46.9 cm³/mol. The highest BCUT2D eigenvalue weighted by Crippen LogP contribution is 2.29. The van der Waals surface area contributed by atoms with Crippen LogP contribution in [0.1, 0.15) is 0 Å². The van der Waals surface area contributed by atoms with E-state index in [1.807, 2.05) is 0 Å². The molecule has 0 amide bonds. The zero-order valence-corrected chi connectivity index (χ0v) is 10.3. The summed E-state index contributed by atoms with van der Waals surface area (Å²) in [5.41, 5.74) is -3.37. The molecule has 0 aromatic carbocycles. The second kappa shape index (κ2) is 3.44. The predicted octanol–water partition coefficient (Wildman–Crippen LogP) is 3.00. The van der Waals surface area contributed by atoms with Crippen molar-refractivity contribution in [2.24, 2.45) is 0 Å². The maximum atomic E-state index is 5.49. The van der Waals surface area contributed by atoms with Gasteiger partial charge in [0.05, 0.1) is 0 Å². The first-order valence-corrected chi connectivity index (χ1v) is 13.2. The molecule has 0 heterocycles. The molecule has 43 valence electrons. The topological polar surface area (TPSA) is 0 Å². The van der Waals surface area contributed by atoms with E-state index in [0.717, 1.165) is 0 Å². The first-order chi connectivity index (χ1) is 2.94. The zero-order chi connectivity index (χ0) is 6.08. The zero-order valence-electron chi connectivity index (χ0n) is 2.89. The average Bonchev–Trinajstić information content (AvgIpc) is 1.31. The lowest BCUT2D eigenvalue weighted by Crippen LogP contribution is -2.23. The molecule has 7 heteroatoms. The summed E-state index contributed by atoms with van der Waals surface area (Å²) in [5, 5.41) is 0. The van der Waals surface area contributed by atoms with Gasteiger partial charge in [0, 0.05) is 0 Å². The molecule has 0 N–H and O–H groups in total. The molecular formula is Br2Cl3Si2. The molecule has 1 radical (unpaired) electrons. The van der Waals surface area contributed by atoms with Gasteiger partial charge >= 0.3 is 5.52 Å². The molecule has 0 aliphatic carbocycles. The van der Waals surface area contributed by atoms with Crippen molar-refractivity contribution in [3.8, 4) is 0 Å². The van der Waals surface area contributed by atoms with Gasteiger partial charge in [0.1, 0.15) is 0 Å². The van der Waals surface area contributed by atoms with Crippen LogP contribution in [0.5, 0.6) is 0 Å². The Morgan fingerprint density at radius 3 is 1.29 bits per heavy atom. The minimum Gasteiger partial charge on any atom is -0.128 e. The van der Waals surface area contributed by atoms with Crippen molar-refractivity contribution in [1.29, 1.82) is 0 Å². The van der Waals surface area contributed by atoms with E-state index in [1.165, 1.54) is 0 Å². The van der Waals surface area contributed by atoms with E-state index in [0.29, 0.717) is 0 Å². The third kappa shape index (κ3) is 4.75. The van der Waals surface area contributed by atoms with Gasteiger partial charge in [-0.15, -0.1) is 63.8 Å². The monoisotopic (exact) mass is 319 g/mol. The molecule has 0 spiro atoms. The van der Waals surface area contributed by atoms with Gasteiger partial charge in [-0.2, -0.15) is 0 Å². The van der Waals surface area contributed by atoms with Crippen LogP contribution < -0.4 is 0 Å². The Morgan fingerprint density at radius 1 is 1.14 bits per heavy atom. The van der Waals surface area contributed by atoms with Crippen molar-refractivity contribution >= 4 is 74.9 Å². The molecule has 0 nitrogen and oxygen atoms in total. The summed E-state index contributed by atoms with van der Waals surface area (Å²) >= 11 is 22.8. The Labute approximate surface area is 74.2 Å². The standard InChI is InChI=1S/Br2Cl3Si2/c1-6(2)7(3,4)5. The summed E-state index contributed by atoms with van der Waals surface area (Å²) in [7, 11) is 0. The van der Waals surface area contributed by atoms with Crippen LogP contribution in [0.25, 0.3) is 0 Å². The number of hydrogen-bond acceptors (Lipinski definition) is 0. The fraction of sp³-hybridized carbons (Fsp3) is 0. The first kappa shape index (κ1) is 9.26. The van der Waals surface area contributed by atoms with E-state index in [9.17, 15) is 0 Å². The highest BCUT2D eigenvalue weighted by atomic mass is 79.9. The molecule has 0 fully saturated rings. The van der Waals surface area contributed by atoms with Crippen LogP contribution in [0.4, 0.5) is 0 Å². The van der Waals surface area contributed by atoms with Gasteiger partial charge in [-0.25, -0.2) is 0 Å². The molecule has 0 rings (SSSR count). The van der Waals surface area contributed by atoms with Crippen molar-refractivity contribution in [2.75, 3.05) is 0 Å². The van der Waals surface area contributed by atoms with Crippen LogP contribution in [0, 0.1) is 0 Å². The van der Waals surface area contributed by atoms with Crippen molar-refractivity contribution in [3.63, 3.8) is 0 Å². The van der Waals surface area contributed by atoms with E-state index in [4.69, 9.17) is 33.2 Å². The summed E-state index contributed by atoms with van der Waals surface area (Å²) in [4.78, 5) is 0. The van der Waals surface area contributed by atoms with Gasteiger partial charge < -0.3 is 0 Å². The van der Waals surface area contributed by atoms with Crippen molar-refractivity contribution in [3.05, 3.63) is 0 Å². The van der Waals surface area contributed by atoms with Crippen LogP contribution in [0.2, 0.25) is 0 Å². The van der Waals surface area contributed by atoms with Gasteiger partial charge in [-0.05, 0) is 0 Å². The summed E-state index contributed by atoms with van der Waals surface area (Å²) in [6.07, 6.45) is 0. The first-order valence-electron chi connectivity index (χ1n) is 1.19. The molecule has 0 unspecified atom stereocenters. The molecule has 0 atom stereocenters. The third-order valence-electron chi connectivity index (χ3n) is 0.214. The van der Waals surface area contributed by atoms with Crippen LogP contribution in [-0.2, 0) is 0 Å². The molecule has 0 saturated heterocycles. The van der Waals surface area contributed by atoms with E-state index in [1.54, 1.807) is 0 Å². The second-order valence-electron chi connectivity index (χ2n) is 0.758. The van der Waals surface area contributed by atoms with Gasteiger partial charge in [0.15, 0.2) is 0 Å². The van der Waals surface area contributed by atoms with Crippen molar-refractivity contribution < 1.29 is 0 Å². The van der Waals surface area contributed by atoms with Crippen molar-refractivity contribution in [1.82, 2.24) is 0 Å². The maximum Gasteiger partial charge on any atom is 0.348 e. The molecule has 0 aliphatic rings. The lowest BCUT2D eigenvalue weighted by molar-refractivity contribution is 3.73. The Hall–Kier alpha value is 2.26. The highest BCUT2D eigenvalue weighted by Gasteiger charge is 2.35. The minimum absolute atomic E-state index is 0.990. The van der Waals surface area contributed by atoms with E-state index >= 15 is 0 Å². The van der Waals surface area contributed by atoms with Gasteiger partial charge in [0.2, 0.25) is 0 Å². The number of rotatable bonds is 1. The lowest BCUT2D eigenvalue weighted by Gasteiger charge is -2.03. The maximum absolute atomic E-state index is 5.49. The molecule has 7 heavy (non-hydrogen) atoms. The van der Waals surface area contributed by atoms with Crippen LogP contribution in [0.15, 0.2) is 0 Å². The van der Waals surface area contributed by atoms with Crippen LogP contribution in [-0.4, -0.2) is 11.1 Å². The Kier molecular flexibility index (Phi) is 4.55. The third-order valence-corrected chi connectivity index (χ3v) is 30.1. The fourth-order valence-corrected chi connectivity index (χ4v) is 0. The molecular weight excluding hydrogens is 322 g/mol. The second-order valence-corrected chi connectivity index (χ2v) is 28.1. The molecule has 0 saturated carbocycles. The minimum atomic E-state index is -2.38. The number of halogens is 5. The van der Waals surface area contributed by atoms with Gasteiger partial charge in [-0.3, -0.25) is 0 Å². The van der Waals surface area contributed by atoms with Crippen molar-refractivity contribution in [2.45, 2.75) is 0 Å². The quantitative estimate of drug-likeness (QED) is 0.514. The summed E-state index contributed by atoms with van der Waals surface area (Å²) in [5.74, 6) is 0. The molecule has 0 aromatic heterocycles. The largest absolute Gasteiger partial charge is 0.348 e. The van der Waals surface area contributed by atoms with E-state index in [-0.39, 0.29) is 0 Å². The SMILES string of the molecule is Cl[Si](Cl)(Cl)[Si](Br)Br.